The van der Waals surface area contributed by atoms with Crippen molar-refractivity contribution >= 4 is 21.4 Å². The van der Waals surface area contributed by atoms with E-state index in [1.54, 1.807) is 13.0 Å². The van der Waals surface area contributed by atoms with E-state index in [0.717, 1.165) is 31.6 Å². The molecule has 0 aromatic heterocycles. The summed E-state index contributed by atoms with van der Waals surface area (Å²) in [5.41, 5.74) is 1.12. The van der Waals surface area contributed by atoms with Gasteiger partial charge in [0, 0.05) is 19.2 Å². The molecule has 1 heterocycles. The van der Waals surface area contributed by atoms with Crippen molar-refractivity contribution in [3.63, 3.8) is 0 Å². The van der Waals surface area contributed by atoms with Gasteiger partial charge in [-0.3, -0.25) is 4.72 Å². The first kappa shape index (κ1) is 15.1. The zero-order valence-corrected chi connectivity index (χ0v) is 12.5. The molecule has 20 heavy (non-hydrogen) atoms. The molecule has 1 aliphatic rings. The van der Waals surface area contributed by atoms with Crippen LogP contribution < -0.4 is 9.62 Å². The molecule has 0 saturated carbocycles. The maximum Gasteiger partial charge on any atom is 0.232 e. The molecule has 6 heteroatoms. The molecule has 1 aromatic rings. The fraction of sp³-hybridized carbons (Fsp3) is 0.571. The van der Waals surface area contributed by atoms with Crippen LogP contribution in [0, 0.1) is 5.82 Å². The standard InChI is InChI=1S/C14H21FN2O2S/c1-2-10-20(18,19)16-13-11-12(15)6-7-14(13)17-8-4-3-5-9-17/h6-7,11,16H,2-5,8-10H2,1H3. The first-order valence-electron chi connectivity index (χ1n) is 7.07. The second-order valence-corrected chi connectivity index (χ2v) is 6.97. The van der Waals surface area contributed by atoms with Crippen molar-refractivity contribution in [2.45, 2.75) is 32.6 Å². The van der Waals surface area contributed by atoms with Crippen LogP contribution in [0.1, 0.15) is 32.6 Å². The third-order valence-electron chi connectivity index (χ3n) is 3.39. The Morgan fingerprint density at radius 1 is 1.25 bits per heavy atom. The van der Waals surface area contributed by atoms with E-state index in [0.29, 0.717) is 12.1 Å². The first-order valence-corrected chi connectivity index (χ1v) is 8.72. The van der Waals surface area contributed by atoms with Crippen LogP contribution in [0.25, 0.3) is 0 Å². The van der Waals surface area contributed by atoms with E-state index in [1.165, 1.54) is 18.6 Å². The van der Waals surface area contributed by atoms with Gasteiger partial charge in [-0.1, -0.05) is 6.92 Å². The van der Waals surface area contributed by atoms with Crippen LogP contribution in [0.4, 0.5) is 15.8 Å². The van der Waals surface area contributed by atoms with Crippen molar-refractivity contribution in [3.8, 4) is 0 Å². The monoisotopic (exact) mass is 300 g/mol. The Labute approximate surface area is 120 Å². The number of hydrogen-bond acceptors (Lipinski definition) is 3. The van der Waals surface area contributed by atoms with Gasteiger partial charge in [0.05, 0.1) is 17.1 Å². The Balaban J connectivity index is 2.28. The van der Waals surface area contributed by atoms with Crippen LogP contribution in [0.15, 0.2) is 18.2 Å². The number of nitrogens with one attached hydrogen (secondary N) is 1. The number of nitrogens with zero attached hydrogens (tertiary/aromatic N) is 1. The van der Waals surface area contributed by atoms with E-state index in [4.69, 9.17) is 0 Å². The highest BCUT2D eigenvalue weighted by molar-refractivity contribution is 7.92. The Hall–Kier alpha value is -1.30. The van der Waals surface area contributed by atoms with Gasteiger partial charge in [0.2, 0.25) is 10.0 Å². The minimum absolute atomic E-state index is 0.0446. The van der Waals surface area contributed by atoms with Gasteiger partial charge in [0.15, 0.2) is 0 Å². The summed E-state index contributed by atoms with van der Waals surface area (Å²) in [5, 5.41) is 0. The minimum Gasteiger partial charge on any atom is -0.370 e. The topological polar surface area (TPSA) is 49.4 Å². The van der Waals surface area contributed by atoms with Crippen molar-refractivity contribution in [1.82, 2.24) is 0 Å². The predicted octanol–water partition coefficient (Wildman–Crippen LogP) is 2.97. The molecule has 1 saturated heterocycles. The number of anilines is 2. The summed E-state index contributed by atoms with van der Waals surface area (Å²) in [6.07, 6.45) is 3.88. The van der Waals surface area contributed by atoms with Crippen molar-refractivity contribution < 1.29 is 12.8 Å². The van der Waals surface area contributed by atoms with Crippen LogP contribution >= 0.6 is 0 Å². The molecule has 0 spiro atoms. The lowest BCUT2D eigenvalue weighted by Crippen LogP contribution is -2.30. The number of sulfonamides is 1. The third kappa shape index (κ3) is 3.85. The highest BCUT2D eigenvalue weighted by atomic mass is 32.2. The number of benzene rings is 1. The fourth-order valence-corrected chi connectivity index (χ4v) is 3.63. The SMILES string of the molecule is CCCS(=O)(=O)Nc1cc(F)ccc1N1CCCCC1. The lowest BCUT2D eigenvalue weighted by molar-refractivity contribution is 0.577. The van der Waals surface area contributed by atoms with Crippen LogP contribution in [0.2, 0.25) is 0 Å². The average molecular weight is 300 g/mol. The quantitative estimate of drug-likeness (QED) is 0.909. The van der Waals surface area contributed by atoms with E-state index in [2.05, 4.69) is 9.62 Å². The van der Waals surface area contributed by atoms with E-state index in [9.17, 15) is 12.8 Å². The summed E-state index contributed by atoms with van der Waals surface area (Å²) in [6.45, 7) is 3.57. The van der Waals surface area contributed by atoms with Crippen LogP contribution in [-0.4, -0.2) is 27.3 Å². The van der Waals surface area contributed by atoms with Gasteiger partial charge in [-0.25, -0.2) is 12.8 Å². The van der Waals surface area contributed by atoms with Gasteiger partial charge < -0.3 is 4.90 Å². The second-order valence-electron chi connectivity index (χ2n) is 5.13. The highest BCUT2D eigenvalue weighted by Crippen LogP contribution is 2.30. The summed E-state index contributed by atoms with van der Waals surface area (Å²) < 4.78 is 39.7. The van der Waals surface area contributed by atoms with Gasteiger partial charge in [-0.2, -0.15) is 0 Å². The largest absolute Gasteiger partial charge is 0.370 e. The van der Waals surface area contributed by atoms with Crippen molar-refractivity contribution in [3.05, 3.63) is 24.0 Å². The smallest absolute Gasteiger partial charge is 0.232 e. The first-order chi connectivity index (χ1) is 9.52. The van der Waals surface area contributed by atoms with Crippen LogP contribution in [-0.2, 0) is 10.0 Å². The lowest BCUT2D eigenvalue weighted by atomic mass is 10.1. The molecule has 1 aromatic carbocycles. The molecule has 0 bridgehead atoms. The molecule has 112 valence electrons. The molecule has 0 aliphatic carbocycles. The normalized spacial score (nSPS) is 16.2. The zero-order valence-electron chi connectivity index (χ0n) is 11.7. The van der Waals surface area contributed by atoms with Gasteiger partial charge in [-0.15, -0.1) is 0 Å². The Kier molecular flexibility index (Phi) is 4.86. The molecular weight excluding hydrogens is 279 g/mol. The number of hydrogen-bond donors (Lipinski definition) is 1. The summed E-state index contributed by atoms with van der Waals surface area (Å²) in [4.78, 5) is 2.12. The lowest BCUT2D eigenvalue weighted by Gasteiger charge is -2.30. The molecule has 0 atom stereocenters. The third-order valence-corrected chi connectivity index (χ3v) is 4.87. The molecule has 2 rings (SSSR count). The summed E-state index contributed by atoms with van der Waals surface area (Å²) >= 11 is 0. The Morgan fingerprint density at radius 2 is 1.95 bits per heavy atom. The molecule has 0 radical (unpaired) electrons. The molecule has 0 amide bonds. The van der Waals surface area contributed by atoms with Gasteiger partial charge in [0.1, 0.15) is 5.82 Å². The predicted molar refractivity (Wildman–Crippen MR) is 80.2 cm³/mol. The van der Waals surface area contributed by atoms with Crippen molar-refractivity contribution in [2.24, 2.45) is 0 Å². The van der Waals surface area contributed by atoms with E-state index < -0.39 is 15.8 Å². The van der Waals surface area contributed by atoms with E-state index in [-0.39, 0.29) is 5.75 Å². The average Bonchev–Trinajstić information content (AvgIpc) is 2.39. The number of halogens is 1. The number of rotatable bonds is 5. The van der Waals surface area contributed by atoms with Gasteiger partial charge in [-0.05, 0) is 37.8 Å². The minimum atomic E-state index is -3.41. The zero-order chi connectivity index (χ0) is 14.6. The summed E-state index contributed by atoms with van der Waals surface area (Å²) in [7, 11) is -3.41. The van der Waals surface area contributed by atoms with E-state index in [1.807, 2.05) is 0 Å². The van der Waals surface area contributed by atoms with Crippen LogP contribution in [0.5, 0.6) is 0 Å². The molecular formula is C14H21FN2O2S. The maximum atomic E-state index is 13.4. The van der Waals surface area contributed by atoms with Gasteiger partial charge in [0.25, 0.3) is 0 Å². The Bertz CT molecular complexity index is 554. The highest BCUT2D eigenvalue weighted by Gasteiger charge is 2.18. The second kappa shape index (κ2) is 6.43. The van der Waals surface area contributed by atoms with Gasteiger partial charge >= 0.3 is 0 Å². The van der Waals surface area contributed by atoms with Crippen molar-refractivity contribution in [1.29, 1.82) is 0 Å². The molecule has 4 nitrogen and oxygen atoms in total. The summed E-state index contributed by atoms with van der Waals surface area (Å²) in [5.74, 6) is -0.386. The maximum absolute atomic E-state index is 13.4. The molecule has 1 aliphatic heterocycles. The fourth-order valence-electron chi connectivity index (χ4n) is 2.49. The number of piperidine rings is 1. The van der Waals surface area contributed by atoms with Crippen molar-refractivity contribution in [2.75, 3.05) is 28.5 Å². The summed E-state index contributed by atoms with van der Waals surface area (Å²) in [6, 6.07) is 4.29. The molecule has 1 fully saturated rings. The molecule has 1 N–H and O–H groups in total. The van der Waals surface area contributed by atoms with Crippen LogP contribution in [0.3, 0.4) is 0 Å². The van der Waals surface area contributed by atoms with E-state index >= 15 is 0 Å². The Morgan fingerprint density at radius 3 is 2.60 bits per heavy atom. The molecule has 0 unspecified atom stereocenters.